The molecule has 0 heterocycles. The van der Waals surface area contributed by atoms with E-state index < -0.39 is 0 Å². The van der Waals surface area contributed by atoms with E-state index in [-0.39, 0.29) is 5.91 Å². The Morgan fingerprint density at radius 1 is 0.867 bits per heavy atom. The van der Waals surface area contributed by atoms with Gasteiger partial charge in [-0.3, -0.25) is 4.79 Å². The highest BCUT2D eigenvalue weighted by atomic mass is 16.5. The van der Waals surface area contributed by atoms with Crippen LogP contribution in [0.2, 0.25) is 0 Å². The van der Waals surface area contributed by atoms with Gasteiger partial charge in [0.05, 0.1) is 13.7 Å². The maximum absolute atomic E-state index is 12.7. The van der Waals surface area contributed by atoms with Crippen LogP contribution in [0.15, 0.2) is 60.7 Å². The Bertz CT molecular complexity index is 992. The van der Waals surface area contributed by atoms with E-state index in [0.717, 1.165) is 28.2 Å². The summed E-state index contributed by atoms with van der Waals surface area (Å²) in [6.45, 7) is 6.85. The maximum Gasteiger partial charge on any atom is 0.255 e. The van der Waals surface area contributed by atoms with Gasteiger partial charge in [0.1, 0.15) is 23.9 Å². The molecular formula is C25H27NO4. The first-order valence-corrected chi connectivity index (χ1v) is 9.90. The molecule has 0 radical (unpaired) electrons. The monoisotopic (exact) mass is 405 g/mol. The van der Waals surface area contributed by atoms with Crippen molar-refractivity contribution in [2.75, 3.05) is 19.0 Å². The lowest BCUT2D eigenvalue weighted by molar-refractivity contribution is 0.102. The number of ether oxygens (including phenoxy) is 3. The zero-order chi connectivity index (χ0) is 21.5. The van der Waals surface area contributed by atoms with E-state index in [2.05, 4.69) is 11.4 Å². The third-order valence-corrected chi connectivity index (χ3v) is 4.56. The van der Waals surface area contributed by atoms with Gasteiger partial charge in [0.25, 0.3) is 5.91 Å². The molecule has 0 saturated carbocycles. The van der Waals surface area contributed by atoms with Crippen molar-refractivity contribution in [1.82, 2.24) is 0 Å². The Morgan fingerprint density at radius 3 is 2.20 bits per heavy atom. The van der Waals surface area contributed by atoms with Crippen LogP contribution in [0.3, 0.4) is 0 Å². The number of rotatable bonds is 8. The maximum atomic E-state index is 12.7. The number of methoxy groups -OCH3 is 1. The first-order chi connectivity index (χ1) is 14.5. The van der Waals surface area contributed by atoms with Crippen molar-refractivity contribution in [3.05, 3.63) is 82.9 Å². The fourth-order valence-electron chi connectivity index (χ4n) is 3.18. The number of carbonyl (C=O) groups excluding carboxylic acids is 1. The fraction of sp³-hybridized carbons (Fsp3) is 0.240. The zero-order valence-electron chi connectivity index (χ0n) is 17.8. The van der Waals surface area contributed by atoms with Gasteiger partial charge >= 0.3 is 0 Å². The SMILES string of the molecule is CCOc1ccc(C(=O)Nc2ccc(OC)cc2)cc1COc1cc(C)cc(C)c1. The highest BCUT2D eigenvalue weighted by molar-refractivity contribution is 6.04. The summed E-state index contributed by atoms with van der Waals surface area (Å²) in [6, 6.07) is 18.7. The molecule has 3 rings (SSSR count). The molecule has 30 heavy (non-hydrogen) atoms. The molecule has 1 N–H and O–H groups in total. The number of aryl methyl sites for hydroxylation is 2. The number of carbonyl (C=O) groups is 1. The third kappa shape index (κ3) is 5.54. The van der Waals surface area contributed by atoms with Crippen molar-refractivity contribution in [2.24, 2.45) is 0 Å². The van der Waals surface area contributed by atoms with E-state index >= 15 is 0 Å². The largest absolute Gasteiger partial charge is 0.497 e. The Labute approximate surface area is 177 Å². The molecule has 0 spiro atoms. The predicted octanol–water partition coefficient (Wildman–Crippen LogP) is 5.54. The average Bonchev–Trinajstić information content (AvgIpc) is 2.73. The zero-order valence-corrected chi connectivity index (χ0v) is 17.8. The van der Waals surface area contributed by atoms with E-state index in [9.17, 15) is 4.79 Å². The Hall–Kier alpha value is -3.47. The number of benzene rings is 3. The highest BCUT2D eigenvalue weighted by Gasteiger charge is 2.12. The van der Waals surface area contributed by atoms with Crippen LogP contribution in [0.5, 0.6) is 17.2 Å². The predicted molar refractivity (Wildman–Crippen MR) is 119 cm³/mol. The van der Waals surface area contributed by atoms with Crippen molar-refractivity contribution < 1.29 is 19.0 Å². The minimum atomic E-state index is -0.198. The van der Waals surface area contributed by atoms with Crippen molar-refractivity contribution in [3.63, 3.8) is 0 Å². The lowest BCUT2D eigenvalue weighted by Crippen LogP contribution is -2.13. The number of hydrogen-bond acceptors (Lipinski definition) is 4. The molecule has 0 atom stereocenters. The minimum Gasteiger partial charge on any atom is -0.497 e. The topological polar surface area (TPSA) is 56.8 Å². The van der Waals surface area contributed by atoms with Gasteiger partial charge in [0.15, 0.2) is 0 Å². The van der Waals surface area contributed by atoms with Gasteiger partial charge in [0.2, 0.25) is 0 Å². The van der Waals surface area contributed by atoms with Crippen LogP contribution in [0.25, 0.3) is 0 Å². The lowest BCUT2D eigenvalue weighted by atomic mass is 10.1. The van der Waals surface area contributed by atoms with Crippen molar-refractivity contribution in [3.8, 4) is 17.2 Å². The molecular weight excluding hydrogens is 378 g/mol. The summed E-state index contributed by atoms with van der Waals surface area (Å²) in [5.74, 6) is 2.04. The van der Waals surface area contributed by atoms with Crippen LogP contribution in [-0.4, -0.2) is 19.6 Å². The van der Waals surface area contributed by atoms with Gasteiger partial charge in [-0.05, 0) is 86.5 Å². The standard InChI is InChI=1S/C25H27NO4/c1-5-29-24-11-6-19(25(27)26-21-7-9-22(28-4)10-8-21)15-20(24)16-30-23-13-17(2)12-18(3)14-23/h6-15H,5,16H2,1-4H3,(H,26,27). The van der Waals surface area contributed by atoms with Gasteiger partial charge in [-0.2, -0.15) is 0 Å². The van der Waals surface area contributed by atoms with Crippen LogP contribution in [0.1, 0.15) is 34.0 Å². The molecule has 3 aromatic carbocycles. The van der Waals surface area contributed by atoms with E-state index in [1.54, 1.807) is 37.4 Å². The molecule has 0 aliphatic rings. The number of hydrogen-bond donors (Lipinski definition) is 1. The Morgan fingerprint density at radius 2 is 1.57 bits per heavy atom. The van der Waals surface area contributed by atoms with E-state index in [4.69, 9.17) is 14.2 Å². The molecule has 156 valence electrons. The average molecular weight is 405 g/mol. The molecule has 0 aromatic heterocycles. The van der Waals surface area contributed by atoms with Crippen molar-refractivity contribution in [1.29, 1.82) is 0 Å². The van der Waals surface area contributed by atoms with Crippen LogP contribution in [0, 0.1) is 13.8 Å². The second kappa shape index (κ2) is 9.83. The van der Waals surface area contributed by atoms with Gasteiger partial charge in [-0.15, -0.1) is 0 Å². The lowest BCUT2D eigenvalue weighted by Gasteiger charge is -2.14. The second-order valence-corrected chi connectivity index (χ2v) is 7.05. The van der Waals surface area contributed by atoms with Crippen LogP contribution in [-0.2, 0) is 6.61 Å². The van der Waals surface area contributed by atoms with Crippen molar-refractivity contribution >= 4 is 11.6 Å². The summed E-state index contributed by atoms with van der Waals surface area (Å²) < 4.78 is 16.9. The molecule has 5 heteroatoms. The molecule has 1 amide bonds. The summed E-state index contributed by atoms with van der Waals surface area (Å²) in [5.41, 5.74) is 4.33. The quantitative estimate of drug-likeness (QED) is 0.534. The molecule has 0 fully saturated rings. The minimum absolute atomic E-state index is 0.198. The molecule has 5 nitrogen and oxygen atoms in total. The molecule has 0 saturated heterocycles. The first-order valence-electron chi connectivity index (χ1n) is 9.90. The smallest absolute Gasteiger partial charge is 0.255 e. The van der Waals surface area contributed by atoms with Crippen LogP contribution in [0.4, 0.5) is 5.69 Å². The third-order valence-electron chi connectivity index (χ3n) is 4.56. The Balaban J connectivity index is 1.77. The van der Waals surface area contributed by atoms with Gasteiger partial charge < -0.3 is 19.5 Å². The molecule has 0 unspecified atom stereocenters. The summed E-state index contributed by atoms with van der Waals surface area (Å²) in [6.07, 6.45) is 0. The molecule has 0 bridgehead atoms. The van der Waals surface area contributed by atoms with Crippen molar-refractivity contribution in [2.45, 2.75) is 27.4 Å². The summed E-state index contributed by atoms with van der Waals surface area (Å²) >= 11 is 0. The molecule has 0 aliphatic carbocycles. The number of nitrogens with one attached hydrogen (secondary N) is 1. The number of anilines is 1. The molecule has 3 aromatic rings. The van der Waals surface area contributed by atoms with Gasteiger partial charge in [-0.1, -0.05) is 6.07 Å². The Kier molecular flexibility index (Phi) is 6.96. The molecule has 0 aliphatic heterocycles. The van der Waals surface area contributed by atoms with E-state index in [1.165, 1.54) is 0 Å². The summed E-state index contributed by atoms with van der Waals surface area (Å²) in [4.78, 5) is 12.7. The fourth-order valence-corrected chi connectivity index (χ4v) is 3.18. The summed E-state index contributed by atoms with van der Waals surface area (Å²) in [5, 5.41) is 2.90. The van der Waals surface area contributed by atoms with Gasteiger partial charge in [-0.25, -0.2) is 0 Å². The van der Waals surface area contributed by atoms with Crippen LogP contribution < -0.4 is 19.5 Å². The first kappa shape index (κ1) is 21.2. The number of amides is 1. The van der Waals surface area contributed by atoms with E-state index in [1.807, 2.05) is 45.0 Å². The second-order valence-electron chi connectivity index (χ2n) is 7.05. The van der Waals surface area contributed by atoms with E-state index in [0.29, 0.717) is 30.2 Å². The highest BCUT2D eigenvalue weighted by Crippen LogP contribution is 2.25. The van der Waals surface area contributed by atoms with Gasteiger partial charge in [0, 0.05) is 16.8 Å². The van der Waals surface area contributed by atoms with Crippen LogP contribution >= 0.6 is 0 Å². The normalized spacial score (nSPS) is 10.4. The summed E-state index contributed by atoms with van der Waals surface area (Å²) in [7, 11) is 1.61.